The Morgan fingerprint density at radius 3 is 2.42 bits per heavy atom. The molecule has 2 aromatic carbocycles. The van der Waals surface area contributed by atoms with Gasteiger partial charge in [-0.05, 0) is 42.5 Å². The number of hydrogen-bond donors (Lipinski definition) is 0. The summed E-state index contributed by atoms with van der Waals surface area (Å²) in [6.45, 7) is 5.54. The normalized spacial score (nSPS) is 17.6. The van der Waals surface area contributed by atoms with Crippen LogP contribution in [0.25, 0.3) is 0 Å². The van der Waals surface area contributed by atoms with Gasteiger partial charge in [0.1, 0.15) is 0 Å². The second kappa shape index (κ2) is 5.08. The smallest absolute Gasteiger partial charge is 0.0432 e. The van der Waals surface area contributed by atoms with Gasteiger partial charge in [-0.1, -0.05) is 49.4 Å². The predicted molar refractivity (Wildman–Crippen MR) is 81.6 cm³/mol. The van der Waals surface area contributed by atoms with Crippen LogP contribution in [-0.4, -0.2) is 6.04 Å². The molecule has 1 heterocycles. The first-order chi connectivity index (χ1) is 9.28. The van der Waals surface area contributed by atoms with Crippen molar-refractivity contribution < 1.29 is 0 Å². The maximum Gasteiger partial charge on any atom is 0.0432 e. The maximum atomic E-state index is 2.52. The van der Waals surface area contributed by atoms with Gasteiger partial charge < -0.3 is 4.90 Å². The minimum atomic E-state index is 0.600. The number of benzene rings is 2. The molecule has 0 aromatic heterocycles. The van der Waals surface area contributed by atoms with E-state index in [9.17, 15) is 0 Å². The largest absolute Gasteiger partial charge is 0.364 e. The molecular weight excluding hydrogens is 230 g/mol. The molecule has 98 valence electrons. The van der Waals surface area contributed by atoms with Crippen molar-refractivity contribution in [2.45, 2.75) is 39.3 Å². The van der Waals surface area contributed by atoms with Gasteiger partial charge in [0, 0.05) is 18.3 Å². The number of para-hydroxylation sites is 1. The Morgan fingerprint density at radius 2 is 1.68 bits per heavy atom. The molecule has 0 amide bonds. The molecule has 0 fully saturated rings. The fourth-order valence-electron chi connectivity index (χ4n) is 2.95. The van der Waals surface area contributed by atoms with E-state index in [1.165, 1.54) is 28.8 Å². The van der Waals surface area contributed by atoms with E-state index in [1.807, 2.05) is 0 Å². The zero-order chi connectivity index (χ0) is 13.2. The number of anilines is 1. The molecule has 0 radical (unpaired) electrons. The minimum Gasteiger partial charge on any atom is -0.364 e. The highest BCUT2D eigenvalue weighted by Crippen LogP contribution is 2.32. The second-order valence-corrected chi connectivity index (χ2v) is 5.48. The van der Waals surface area contributed by atoms with Gasteiger partial charge in [0.05, 0.1) is 0 Å². The molecule has 1 aliphatic heterocycles. The van der Waals surface area contributed by atoms with E-state index < -0.39 is 0 Å². The standard InChI is InChI=1S/C18H21N/c1-3-15-8-10-16(11-9-15)13-19-14(2)12-17-6-4-5-7-18(17)19/h4-11,14H,3,12-13H2,1-2H3. The third-order valence-electron chi connectivity index (χ3n) is 4.13. The van der Waals surface area contributed by atoms with Crippen LogP contribution in [0.4, 0.5) is 5.69 Å². The zero-order valence-electron chi connectivity index (χ0n) is 11.8. The Labute approximate surface area is 115 Å². The van der Waals surface area contributed by atoms with Crippen molar-refractivity contribution >= 4 is 5.69 Å². The van der Waals surface area contributed by atoms with Crippen LogP contribution in [0.3, 0.4) is 0 Å². The molecule has 1 atom stereocenters. The van der Waals surface area contributed by atoms with E-state index in [1.54, 1.807) is 0 Å². The molecule has 0 saturated carbocycles. The predicted octanol–water partition coefficient (Wildman–Crippen LogP) is 4.20. The van der Waals surface area contributed by atoms with Crippen LogP contribution < -0.4 is 4.90 Å². The van der Waals surface area contributed by atoms with Crippen molar-refractivity contribution in [1.82, 2.24) is 0 Å². The molecule has 19 heavy (non-hydrogen) atoms. The lowest BCUT2D eigenvalue weighted by Gasteiger charge is -2.25. The summed E-state index contributed by atoms with van der Waals surface area (Å²) in [5, 5.41) is 0. The lowest BCUT2D eigenvalue weighted by molar-refractivity contribution is 0.672. The van der Waals surface area contributed by atoms with Gasteiger partial charge >= 0.3 is 0 Å². The first-order valence-corrected chi connectivity index (χ1v) is 7.20. The van der Waals surface area contributed by atoms with Crippen LogP contribution in [0.15, 0.2) is 48.5 Å². The van der Waals surface area contributed by atoms with Crippen molar-refractivity contribution in [2.75, 3.05) is 4.90 Å². The van der Waals surface area contributed by atoms with Crippen LogP contribution in [0.1, 0.15) is 30.5 Å². The summed E-state index contributed by atoms with van der Waals surface area (Å²) >= 11 is 0. The Hall–Kier alpha value is -1.76. The lowest BCUT2D eigenvalue weighted by Crippen LogP contribution is -2.28. The summed E-state index contributed by atoms with van der Waals surface area (Å²) in [7, 11) is 0. The number of nitrogens with zero attached hydrogens (tertiary/aromatic N) is 1. The van der Waals surface area contributed by atoms with Gasteiger partial charge in [0.15, 0.2) is 0 Å². The van der Waals surface area contributed by atoms with Crippen LogP contribution in [0.5, 0.6) is 0 Å². The van der Waals surface area contributed by atoms with Crippen LogP contribution in [-0.2, 0) is 19.4 Å². The zero-order valence-corrected chi connectivity index (χ0v) is 11.8. The topological polar surface area (TPSA) is 3.24 Å². The molecule has 1 nitrogen and oxygen atoms in total. The third-order valence-corrected chi connectivity index (χ3v) is 4.13. The lowest BCUT2D eigenvalue weighted by atomic mass is 10.1. The molecule has 0 saturated heterocycles. The van der Waals surface area contributed by atoms with Gasteiger partial charge in [-0.15, -0.1) is 0 Å². The van der Waals surface area contributed by atoms with Crippen molar-refractivity contribution in [2.24, 2.45) is 0 Å². The fraction of sp³-hybridized carbons (Fsp3) is 0.333. The number of aryl methyl sites for hydroxylation is 1. The summed E-state index contributed by atoms with van der Waals surface area (Å²) < 4.78 is 0. The molecule has 0 N–H and O–H groups in total. The van der Waals surface area contributed by atoms with Gasteiger partial charge in [0.2, 0.25) is 0 Å². The first-order valence-electron chi connectivity index (χ1n) is 7.20. The Kier molecular flexibility index (Phi) is 3.29. The van der Waals surface area contributed by atoms with E-state index in [0.717, 1.165) is 13.0 Å². The molecule has 0 aliphatic carbocycles. The second-order valence-electron chi connectivity index (χ2n) is 5.48. The Morgan fingerprint density at radius 1 is 1.00 bits per heavy atom. The van der Waals surface area contributed by atoms with E-state index in [4.69, 9.17) is 0 Å². The Bertz CT molecular complexity index is 556. The highest BCUT2D eigenvalue weighted by molar-refractivity contribution is 5.59. The highest BCUT2D eigenvalue weighted by atomic mass is 15.2. The van der Waals surface area contributed by atoms with Crippen molar-refractivity contribution in [1.29, 1.82) is 0 Å². The van der Waals surface area contributed by atoms with Crippen molar-refractivity contribution in [3.63, 3.8) is 0 Å². The van der Waals surface area contributed by atoms with Crippen LogP contribution in [0, 0.1) is 0 Å². The SMILES string of the molecule is CCc1ccc(CN2c3ccccc3CC2C)cc1. The fourth-order valence-corrected chi connectivity index (χ4v) is 2.95. The van der Waals surface area contributed by atoms with Gasteiger partial charge in [-0.25, -0.2) is 0 Å². The first kappa shape index (κ1) is 12.3. The van der Waals surface area contributed by atoms with Crippen LogP contribution >= 0.6 is 0 Å². The molecule has 0 spiro atoms. The summed E-state index contributed by atoms with van der Waals surface area (Å²) in [5.74, 6) is 0. The molecule has 0 bridgehead atoms. The number of rotatable bonds is 3. The van der Waals surface area contributed by atoms with E-state index in [-0.39, 0.29) is 0 Å². The van der Waals surface area contributed by atoms with Gasteiger partial charge in [-0.3, -0.25) is 0 Å². The minimum absolute atomic E-state index is 0.600. The van der Waals surface area contributed by atoms with Crippen molar-refractivity contribution in [3.05, 3.63) is 65.2 Å². The number of hydrogen-bond acceptors (Lipinski definition) is 1. The maximum absolute atomic E-state index is 2.52. The molecular formula is C18H21N. The highest BCUT2D eigenvalue weighted by Gasteiger charge is 2.25. The van der Waals surface area contributed by atoms with Crippen molar-refractivity contribution in [3.8, 4) is 0 Å². The molecule has 1 unspecified atom stereocenters. The Balaban J connectivity index is 1.82. The van der Waals surface area contributed by atoms with E-state index in [0.29, 0.717) is 6.04 Å². The summed E-state index contributed by atoms with van der Waals surface area (Å²) in [4.78, 5) is 2.52. The summed E-state index contributed by atoms with van der Waals surface area (Å²) in [5.41, 5.74) is 5.72. The average Bonchev–Trinajstić information content (AvgIpc) is 2.76. The average molecular weight is 251 g/mol. The monoisotopic (exact) mass is 251 g/mol. The molecule has 1 heteroatoms. The van der Waals surface area contributed by atoms with E-state index in [2.05, 4.69) is 67.3 Å². The summed E-state index contributed by atoms with van der Waals surface area (Å²) in [6, 6.07) is 18.4. The molecule has 2 aromatic rings. The third kappa shape index (κ3) is 2.37. The van der Waals surface area contributed by atoms with Gasteiger partial charge in [-0.2, -0.15) is 0 Å². The van der Waals surface area contributed by atoms with Crippen LogP contribution in [0.2, 0.25) is 0 Å². The molecule has 1 aliphatic rings. The number of fused-ring (bicyclic) bond motifs is 1. The van der Waals surface area contributed by atoms with Gasteiger partial charge in [0.25, 0.3) is 0 Å². The summed E-state index contributed by atoms with van der Waals surface area (Å²) in [6.07, 6.45) is 2.28. The molecule has 3 rings (SSSR count). The van der Waals surface area contributed by atoms with E-state index >= 15 is 0 Å². The quantitative estimate of drug-likeness (QED) is 0.790.